The third-order valence-corrected chi connectivity index (χ3v) is 6.03. The highest BCUT2D eigenvalue weighted by Crippen LogP contribution is 2.36. The lowest BCUT2D eigenvalue weighted by Crippen LogP contribution is -2.49. The number of amides is 1. The number of pyridine rings is 1. The predicted octanol–water partition coefficient (Wildman–Crippen LogP) is 3.02. The number of halogens is 2. The summed E-state index contributed by atoms with van der Waals surface area (Å²) in [5.41, 5.74) is 5.42. The Morgan fingerprint density at radius 2 is 2.27 bits per heavy atom. The first-order valence-electron chi connectivity index (χ1n) is 9.70. The Kier molecular flexibility index (Phi) is 5.33. The average molecular weight is 433 g/mol. The van der Waals surface area contributed by atoms with Crippen molar-refractivity contribution in [3.63, 3.8) is 0 Å². The van der Waals surface area contributed by atoms with Crippen molar-refractivity contribution in [2.45, 2.75) is 44.2 Å². The molecule has 8 nitrogen and oxygen atoms in total. The summed E-state index contributed by atoms with van der Waals surface area (Å²) in [6.45, 7) is 1.62. The summed E-state index contributed by atoms with van der Waals surface area (Å²) in [7, 11) is 0. The van der Waals surface area contributed by atoms with Gasteiger partial charge in [-0.1, -0.05) is 18.5 Å². The van der Waals surface area contributed by atoms with Gasteiger partial charge in [0.05, 0.1) is 22.7 Å². The average Bonchev–Trinajstić information content (AvgIpc) is 3.12. The summed E-state index contributed by atoms with van der Waals surface area (Å²) >= 11 is 6.05. The lowest BCUT2D eigenvalue weighted by molar-refractivity contribution is -0.133. The zero-order valence-electron chi connectivity index (χ0n) is 16.3. The maximum Gasteiger partial charge on any atom is 0.223 e. The molecule has 0 aliphatic heterocycles. The third-order valence-electron chi connectivity index (χ3n) is 5.82. The fourth-order valence-electron chi connectivity index (χ4n) is 4.02. The minimum absolute atomic E-state index is 0.0327. The molecule has 30 heavy (non-hydrogen) atoms. The Bertz CT molecular complexity index is 1110. The van der Waals surface area contributed by atoms with Crippen LogP contribution in [0.3, 0.4) is 0 Å². The van der Waals surface area contributed by atoms with Gasteiger partial charge in [0.2, 0.25) is 5.91 Å². The molecule has 0 radical (unpaired) electrons. The summed E-state index contributed by atoms with van der Waals surface area (Å²) < 4.78 is 14.5. The van der Waals surface area contributed by atoms with Crippen LogP contribution >= 0.6 is 11.6 Å². The van der Waals surface area contributed by atoms with Crippen LogP contribution in [0.15, 0.2) is 24.7 Å². The number of nitrogens with two attached hydrogens (primary N) is 1. The van der Waals surface area contributed by atoms with Gasteiger partial charge in [0, 0.05) is 29.4 Å². The second kappa shape index (κ2) is 7.81. The molecule has 1 aliphatic carbocycles. The quantitative estimate of drug-likeness (QED) is 0.490. The van der Waals surface area contributed by atoms with E-state index >= 15 is 0 Å². The van der Waals surface area contributed by atoms with Crippen molar-refractivity contribution in [3.8, 4) is 11.4 Å². The Labute approximate surface area is 177 Å². The van der Waals surface area contributed by atoms with E-state index in [1.54, 1.807) is 19.2 Å². The molecule has 0 spiro atoms. The molecule has 3 aromatic rings. The van der Waals surface area contributed by atoms with Gasteiger partial charge in [0.15, 0.2) is 17.5 Å². The van der Waals surface area contributed by atoms with Gasteiger partial charge in [0.1, 0.15) is 5.65 Å². The second-order valence-corrected chi connectivity index (χ2v) is 8.24. The number of carbonyl (C=O) groups excluding carboxylic acids is 1. The number of aliphatic hydroxyl groups is 1. The molecule has 1 unspecified atom stereocenters. The zero-order valence-corrected chi connectivity index (χ0v) is 17.1. The van der Waals surface area contributed by atoms with Gasteiger partial charge < -0.3 is 21.1 Å². The first-order valence-corrected chi connectivity index (χ1v) is 10.1. The van der Waals surface area contributed by atoms with Gasteiger partial charge >= 0.3 is 0 Å². The number of primary amides is 1. The lowest BCUT2D eigenvalue weighted by atomic mass is 9.74. The lowest BCUT2D eigenvalue weighted by Gasteiger charge is -2.40. The Balaban J connectivity index is 1.61. The van der Waals surface area contributed by atoms with E-state index in [2.05, 4.69) is 25.3 Å². The van der Waals surface area contributed by atoms with Crippen LogP contribution in [0.4, 0.5) is 10.2 Å². The molecule has 1 aliphatic rings. The summed E-state index contributed by atoms with van der Waals surface area (Å²) in [5, 5.41) is 15.1. The summed E-state index contributed by atoms with van der Waals surface area (Å²) in [6.07, 6.45) is 6.44. The SMILES string of the molecule is CC(C(N)=O)[C@@]1(O)CCC[C@H](Nc2nc(-c3c[nH]c4ncc(Cl)cc34)ncc2F)C1. The van der Waals surface area contributed by atoms with Crippen molar-refractivity contribution in [1.29, 1.82) is 0 Å². The van der Waals surface area contributed by atoms with E-state index in [-0.39, 0.29) is 18.3 Å². The van der Waals surface area contributed by atoms with E-state index in [9.17, 15) is 14.3 Å². The maximum absolute atomic E-state index is 14.5. The van der Waals surface area contributed by atoms with Gasteiger partial charge in [-0.15, -0.1) is 0 Å². The fraction of sp³-hybridized carbons (Fsp3) is 0.400. The Morgan fingerprint density at radius 1 is 1.47 bits per heavy atom. The molecule has 1 saturated carbocycles. The van der Waals surface area contributed by atoms with Crippen LogP contribution in [0.2, 0.25) is 5.02 Å². The first-order chi connectivity index (χ1) is 14.3. The fourth-order valence-corrected chi connectivity index (χ4v) is 4.18. The van der Waals surface area contributed by atoms with Gasteiger partial charge in [-0.2, -0.15) is 0 Å². The number of nitrogens with zero attached hydrogens (tertiary/aromatic N) is 3. The topological polar surface area (TPSA) is 130 Å². The number of aromatic amines is 1. The van der Waals surface area contributed by atoms with Crippen molar-refractivity contribution in [3.05, 3.63) is 35.5 Å². The minimum Gasteiger partial charge on any atom is -0.389 e. The number of hydrogen-bond donors (Lipinski definition) is 4. The van der Waals surface area contributed by atoms with Crippen molar-refractivity contribution in [2.75, 3.05) is 5.32 Å². The number of fused-ring (bicyclic) bond motifs is 1. The van der Waals surface area contributed by atoms with E-state index < -0.39 is 23.2 Å². The smallest absolute Gasteiger partial charge is 0.223 e. The molecule has 158 valence electrons. The molecule has 3 aromatic heterocycles. The third kappa shape index (κ3) is 3.82. The summed E-state index contributed by atoms with van der Waals surface area (Å²) in [6, 6.07) is 1.48. The molecule has 4 rings (SSSR count). The molecule has 0 aromatic carbocycles. The molecule has 0 saturated heterocycles. The van der Waals surface area contributed by atoms with Gasteiger partial charge in [-0.3, -0.25) is 4.79 Å². The number of nitrogens with one attached hydrogen (secondary N) is 2. The number of H-pyrrole nitrogens is 1. The molecular weight excluding hydrogens is 411 g/mol. The largest absolute Gasteiger partial charge is 0.389 e. The van der Waals surface area contributed by atoms with Crippen LogP contribution in [-0.2, 0) is 4.79 Å². The van der Waals surface area contributed by atoms with Crippen LogP contribution in [0.25, 0.3) is 22.4 Å². The predicted molar refractivity (Wildman–Crippen MR) is 111 cm³/mol. The normalized spacial score (nSPS) is 22.7. The Morgan fingerprint density at radius 3 is 3.03 bits per heavy atom. The highest BCUT2D eigenvalue weighted by atomic mass is 35.5. The highest BCUT2D eigenvalue weighted by molar-refractivity contribution is 6.31. The minimum atomic E-state index is -1.23. The standard InChI is InChI=1S/C20H22ClFN6O2/c1-10(16(23)29)20(30)4-2-3-12(6-20)27-19-15(22)9-26-18(28-19)14-8-25-17-13(14)5-11(21)7-24-17/h5,7-10,12,30H,2-4,6H2,1H3,(H2,23,29)(H,24,25)(H,26,27,28)/t10?,12-,20+/m0/s1. The van der Waals surface area contributed by atoms with Crippen LogP contribution in [-0.4, -0.2) is 42.6 Å². The zero-order chi connectivity index (χ0) is 21.5. The van der Waals surface area contributed by atoms with Crippen LogP contribution in [0, 0.1) is 11.7 Å². The molecule has 0 bridgehead atoms. The highest BCUT2D eigenvalue weighted by Gasteiger charge is 2.41. The number of carbonyl (C=O) groups is 1. The number of aromatic nitrogens is 4. The molecule has 3 atom stereocenters. The number of hydrogen-bond acceptors (Lipinski definition) is 6. The Hall–Kier alpha value is -2.78. The van der Waals surface area contributed by atoms with E-state index in [0.717, 1.165) is 11.6 Å². The maximum atomic E-state index is 14.5. The second-order valence-electron chi connectivity index (χ2n) is 7.81. The van der Waals surface area contributed by atoms with Crippen molar-refractivity contribution >= 4 is 34.4 Å². The van der Waals surface area contributed by atoms with Crippen LogP contribution < -0.4 is 11.1 Å². The van der Waals surface area contributed by atoms with Crippen molar-refractivity contribution < 1.29 is 14.3 Å². The van der Waals surface area contributed by atoms with E-state index in [1.807, 2.05) is 0 Å². The summed E-state index contributed by atoms with van der Waals surface area (Å²) in [5.74, 6) is -1.51. The van der Waals surface area contributed by atoms with E-state index in [4.69, 9.17) is 17.3 Å². The molecule has 1 fully saturated rings. The first kappa shape index (κ1) is 20.5. The number of anilines is 1. The molecule has 5 N–H and O–H groups in total. The molecule has 1 amide bonds. The van der Waals surface area contributed by atoms with Crippen molar-refractivity contribution in [2.24, 2.45) is 11.7 Å². The van der Waals surface area contributed by atoms with E-state index in [0.29, 0.717) is 41.3 Å². The van der Waals surface area contributed by atoms with Crippen LogP contribution in [0.5, 0.6) is 0 Å². The molecule has 10 heteroatoms. The van der Waals surface area contributed by atoms with Crippen LogP contribution in [0.1, 0.15) is 32.6 Å². The van der Waals surface area contributed by atoms with E-state index in [1.165, 1.54) is 6.20 Å². The van der Waals surface area contributed by atoms with Crippen molar-refractivity contribution in [1.82, 2.24) is 19.9 Å². The monoisotopic (exact) mass is 432 g/mol. The molecule has 3 heterocycles. The number of rotatable bonds is 5. The molecular formula is C20H22ClFN6O2. The van der Waals surface area contributed by atoms with Gasteiger partial charge in [-0.25, -0.2) is 19.3 Å². The van der Waals surface area contributed by atoms with Gasteiger partial charge in [-0.05, 0) is 31.7 Å². The summed E-state index contributed by atoms with van der Waals surface area (Å²) in [4.78, 5) is 27.3. The van der Waals surface area contributed by atoms with Gasteiger partial charge in [0.25, 0.3) is 0 Å².